The highest BCUT2D eigenvalue weighted by molar-refractivity contribution is 7.91. The SMILES string of the molecule is COC(=O)C1=C(CS(=O)(=O)c2ccc(Cl)cc2)NC(=O)N[C@H]1c1ccc(C)cc1. The van der Waals surface area contributed by atoms with Crippen molar-refractivity contribution in [2.24, 2.45) is 0 Å². The van der Waals surface area contributed by atoms with Gasteiger partial charge in [-0.3, -0.25) is 0 Å². The fourth-order valence-corrected chi connectivity index (χ4v) is 4.46. The Morgan fingerprint density at radius 2 is 1.72 bits per heavy atom. The van der Waals surface area contributed by atoms with Crippen LogP contribution < -0.4 is 10.6 Å². The average molecular weight is 435 g/mol. The molecule has 152 valence electrons. The molecule has 1 aliphatic heterocycles. The third-order valence-corrected chi connectivity index (χ3v) is 6.39. The Hall–Kier alpha value is -2.84. The number of carbonyl (C=O) groups is 2. The molecule has 0 bridgehead atoms. The zero-order chi connectivity index (χ0) is 21.2. The Bertz CT molecular complexity index is 1080. The van der Waals surface area contributed by atoms with Gasteiger partial charge < -0.3 is 15.4 Å². The largest absolute Gasteiger partial charge is 0.466 e. The van der Waals surface area contributed by atoms with E-state index in [0.29, 0.717) is 10.6 Å². The highest BCUT2D eigenvalue weighted by Crippen LogP contribution is 2.29. The molecule has 2 N–H and O–H groups in total. The van der Waals surface area contributed by atoms with E-state index in [-0.39, 0.29) is 16.2 Å². The highest BCUT2D eigenvalue weighted by atomic mass is 35.5. The van der Waals surface area contributed by atoms with Gasteiger partial charge in [-0.05, 0) is 36.8 Å². The molecule has 0 radical (unpaired) electrons. The predicted molar refractivity (Wildman–Crippen MR) is 108 cm³/mol. The van der Waals surface area contributed by atoms with Crippen LogP contribution >= 0.6 is 11.6 Å². The number of nitrogens with one attached hydrogen (secondary N) is 2. The molecule has 0 aromatic heterocycles. The van der Waals surface area contributed by atoms with Crippen LogP contribution in [0.2, 0.25) is 5.02 Å². The summed E-state index contributed by atoms with van der Waals surface area (Å²) in [5.41, 5.74) is 1.64. The normalized spacial score (nSPS) is 16.8. The third-order valence-electron chi connectivity index (χ3n) is 4.48. The molecule has 2 aromatic rings. The topological polar surface area (TPSA) is 102 Å². The Morgan fingerprint density at radius 1 is 1.10 bits per heavy atom. The summed E-state index contributed by atoms with van der Waals surface area (Å²) in [7, 11) is -2.66. The number of benzene rings is 2. The molecule has 0 unspecified atom stereocenters. The van der Waals surface area contributed by atoms with E-state index < -0.39 is 33.6 Å². The monoisotopic (exact) mass is 434 g/mol. The minimum atomic E-state index is -3.85. The predicted octanol–water partition coefficient (Wildman–Crippen LogP) is 2.90. The Labute approximate surface area is 173 Å². The van der Waals surface area contributed by atoms with Gasteiger partial charge in [0.1, 0.15) is 0 Å². The summed E-state index contributed by atoms with van der Waals surface area (Å²) in [5.74, 6) is -1.31. The van der Waals surface area contributed by atoms with E-state index in [0.717, 1.165) is 5.56 Å². The van der Waals surface area contributed by atoms with Crippen molar-refractivity contribution in [2.45, 2.75) is 17.9 Å². The van der Waals surface area contributed by atoms with Crippen molar-refractivity contribution in [2.75, 3.05) is 12.9 Å². The molecule has 1 aliphatic rings. The van der Waals surface area contributed by atoms with Crippen LogP contribution in [0.25, 0.3) is 0 Å². The van der Waals surface area contributed by atoms with Crippen molar-refractivity contribution < 1.29 is 22.7 Å². The smallest absolute Gasteiger partial charge is 0.338 e. The van der Waals surface area contributed by atoms with Crippen LogP contribution in [0.3, 0.4) is 0 Å². The standard InChI is InChI=1S/C20H19ClN2O5S/c1-12-3-5-13(6-4-12)18-17(19(24)28-2)16(22-20(25)23-18)11-29(26,27)15-9-7-14(21)8-10-15/h3-10,18H,11H2,1-2H3,(H2,22,23,25)/t18-/m0/s1. The third kappa shape index (κ3) is 4.60. The minimum absolute atomic E-state index is 0.0262. The van der Waals surface area contributed by atoms with Gasteiger partial charge in [-0.2, -0.15) is 0 Å². The number of methoxy groups -OCH3 is 1. The Kier molecular flexibility index (Phi) is 5.95. The lowest BCUT2D eigenvalue weighted by atomic mass is 9.95. The van der Waals surface area contributed by atoms with Crippen LogP contribution in [0.15, 0.2) is 64.7 Å². The molecule has 0 aliphatic carbocycles. The van der Waals surface area contributed by atoms with Crippen molar-refractivity contribution in [1.29, 1.82) is 0 Å². The van der Waals surface area contributed by atoms with Gasteiger partial charge in [-0.15, -0.1) is 0 Å². The van der Waals surface area contributed by atoms with Crippen molar-refractivity contribution in [3.05, 3.63) is 76.0 Å². The first-order chi connectivity index (χ1) is 13.7. The van der Waals surface area contributed by atoms with Gasteiger partial charge in [0.2, 0.25) is 0 Å². The van der Waals surface area contributed by atoms with Gasteiger partial charge in [0.25, 0.3) is 0 Å². The summed E-state index contributed by atoms with van der Waals surface area (Å²) in [6.07, 6.45) is 0. The molecule has 0 fully saturated rings. The fourth-order valence-electron chi connectivity index (χ4n) is 3.01. The van der Waals surface area contributed by atoms with Gasteiger partial charge in [-0.1, -0.05) is 41.4 Å². The van der Waals surface area contributed by atoms with Crippen molar-refractivity contribution in [3.8, 4) is 0 Å². The van der Waals surface area contributed by atoms with E-state index in [1.807, 2.05) is 19.1 Å². The molecule has 2 amide bonds. The quantitative estimate of drug-likeness (QED) is 0.704. The van der Waals surface area contributed by atoms with Crippen molar-refractivity contribution in [3.63, 3.8) is 0 Å². The maximum atomic E-state index is 12.9. The number of rotatable bonds is 5. The van der Waals surface area contributed by atoms with E-state index in [9.17, 15) is 18.0 Å². The zero-order valence-corrected chi connectivity index (χ0v) is 17.3. The Balaban J connectivity index is 2.08. The minimum Gasteiger partial charge on any atom is -0.466 e. The molecule has 7 nitrogen and oxygen atoms in total. The molecule has 0 spiro atoms. The second-order valence-electron chi connectivity index (χ2n) is 6.54. The number of halogens is 1. The van der Waals surface area contributed by atoms with Crippen LogP contribution in [0.5, 0.6) is 0 Å². The van der Waals surface area contributed by atoms with Crippen molar-refractivity contribution >= 4 is 33.4 Å². The van der Waals surface area contributed by atoms with Gasteiger partial charge in [0.05, 0.1) is 29.4 Å². The molecule has 2 aromatic carbocycles. The van der Waals surface area contributed by atoms with Gasteiger partial charge >= 0.3 is 12.0 Å². The summed E-state index contributed by atoms with van der Waals surface area (Å²) in [6.45, 7) is 1.91. The van der Waals surface area contributed by atoms with E-state index in [2.05, 4.69) is 10.6 Å². The number of amides is 2. The summed E-state index contributed by atoms with van der Waals surface area (Å²) in [5, 5.41) is 5.51. The van der Waals surface area contributed by atoms with Crippen LogP contribution in [0.4, 0.5) is 4.79 Å². The Morgan fingerprint density at radius 3 is 2.31 bits per heavy atom. The number of ether oxygens (including phenoxy) is 1. The molecule has 29 heavy (non-hydrogen) atoms. The highest BCUT2D eigenvalue weighted by Gasteiger charge is 2.35. The maximum absolute atomic E-state index is 12.9. The lowest BCUT2D eigenvalue weighted by molar-refractivity contribution is -0.136. The molecule has 9 heteroatoms. The first kappa shape index (κ1) is 20.9. The summed E-state index contributed by atoms with van der Waals surface area (Å²) in [4.78, 5) is 24.8. The number of urea groups is 1. The van der Waals surface area contributed by atoms with Crippen LogP contribution in [0.1, 0.15) is 17.2 Å². The number of carbonyl (C=O) groups excluding carboxylic acids is 2. The van der Waals surface area contributed by atoms with Crippen LogP contribution in [0, 0.1) is 6.92 Å². The van der Waals surface area contributed by atoms with E-state index >= 15 is 0 Å². The fraction of sp³-hybridized carbons (Fsp3) is 0.200. The second-order valence-corrected chi connectivity index (χ2v) is 8.96. The molecule has 0 saturated carbocycles. The maximum Gasteiger partial charge on any atom is 0.338 e. The number of sulfone groups is 1. The lowest BCUT2D eigenvalue weighted by Gasteiger charge is -2.29. The van der Waals surface area contributed by atoms with Gasteiger partial charge in [0, 0.05) is 10.7 Å². The molecular weight excluding hydrogens is 416 g/mol. The second kappa shape index (κ2) is 8.26. The molecule has 0 saturated heterocycles. The number of hydrogen-bond acceptors (Lipinski definition) is 5. The van der Waals surface area contributed by atoms with E-state index in [4.69, 9.17) is 16.3 Å². The van der Waals surface area contributed by atoms with E-state index in [1.165, 1.54) is 31.4 Å². The van der Waals surface area contributed by atoms with E-state index in [1.54, 1.807) is 12.1 Å². The number of aryl methyl sites for hydroxylation is 1. The van der Waals surface area contributed by atoms with Crippen LogP contribution in [-0.2, 0) is 19.4 Å². The first-order valence-corrected chi connectivity index (χ1v) is 10.7. The lowest BCUT2D eigenvalue weighted by Crippen LogP contribution is -2.47. The molecule has 1 heterocycles. The summed E-state index contributed by atoms with van der Waals surface area (Å²) >= 11 is 5.82. The molecule has 3 rings (SSSR count). The number of hydrogen-bond donors (Lipinski definition) is 2. The van der Waals surface area contributed by atoms with Crippen LogP contribution in [-0.4, -0.2) is 33.3 Å². The van der Waals surface area contributed by atoms with Crippen molar-refractivity contribution in [1.82, 2.24) is 10.6 Å². The molecular formula is C20H19ClN2O5S. The van der Waals surface area contributed by atoms with Gasteiger partial charge in [0.15, 0.2) is 9.84 Å². The first-order valence-electron chi connectivity index (χ1n) is 8.65. The number of esters is 1. The van der Waals surface area contributed by atoms with Gasteiger partial charge in [-0.25, -0.2) is 18.0 Å². The average Bonchev–Trinajstić information content (AvgIpc) is 2.67. The summed E-state index contributed by atoms with van der Waals surface area (Å²) in [6, 6.07) is 11.4. The zero-order valence-electron chi connectivity index (χ0n) is 15.7. The molecule has 1 atom stereocenters. The summed E-state index contributed by atoms with van der Waals surface area (Å²) < 4.78 is 30.6.